The van der Waals surface area contributed by atoms with Crippen LogP contribution in [0.25, 0.3) is 0 Å². The molecule has 0 aromatic carbocycles. The molecule has 0 aliphatic rings. The summed E-state index contributed by atoms with van der Waals surface area (Å²) in [6, 6.07) is -0.898. The summed E-state index contributed by atoms with van der Waals surface area (Å²) in [5.41, 5.74) is 0. The van der Waals surface area contributed by atoms with Crippen LogP contribution >= 0.6 is 7.82 Å². The molecule has 0 aromatic rings. The standard InChI is InChI=1S/C65H121N2O7P/c1-7-10-13-16-19-22-25-27-29-31-32-33-34-36-37-39-42-45-48-51-54-57-64(68)66-62(61-73-75(70,71)72-60-59-67(4,5)6)63(56-53-50-47-44-41-24-21-18-15-12-9-3)74-65(69)58-55-52-49-46-43-40-38-35-30-28-26-23-20-17-14-11-8-2/h20,23,27-30,38,40,53,56,62-63H,7-19,21-22,24-26,31-37,39,41-52,54-55,57-61H2,1-6H3,(H-,66,68,70,71)/b23-20-,29-27+,30-28-,40-38-,56-53-. The second-order valence-corrected chi connectivity index (χ2v) is 24.0. The molecular weight excluding hydrogens is 952 g/mol. The third-order valence-electron chi connectivity index (χ3n) is 13.9. The number of phosphoric acid groups is 1. The molecule has 1 amide bonds. The van der Waals surface area contributed by atoms with E-state index >= 15 is 0 Å². The highest BCUT2D eigenvalue weighted by atomic mass is 31.2. The van der Waals surface area contributed by atoms with Gasteiger partial charge in [-0.1, -0.05) is 242 Å². The Morgan fingerprint density at radius 1 is 0.467 bits per heavy atom. The minimum absolute atomic E-state index is 0.0269. The molecular formula is C65H121N2O7P. The zero-order valence-corrected chi connectivity index (χ0v) is 50.9. The molecule has 3 atom stereocenters. The number of nitrogens with zero attached hydrogens (tertiary/aromatic N) is 1. The van der Waals surface area contributed by atoms with Crippen LogP contribution in [0.4, 0.5) is 0 Å². The van der Waals surface area contributed by atoms with E-state index in [1.54, 1.807) is 0 Å². The fourth-order valence-corrected chi connectivity index (χ4v) is 9.72. The number of rotatable bonds is 57. The maximum Gasteiger partial charge on any atom is 0.306 e. The average Bonchev–Trinajstić information content (AvgIpc) is 3.37. The SMILES string of the molecule is CCCCC/C=C\C/C=C\C/C=C\CCCCCCC(=O)OC(/C=C\CCCCCCCCCCC)C(COP(=O)([O-])OCC[N+](C)(C)C)NC(=O)CCCCCCCCCCCCC/C=C/CCCCCCCC. The molecule has 0 spiro atoms. The molecule has 75 heavy (non-hydrogen) atoms. The number of hydrogen-bond donors (Lipinski definition) is 1. The maximum absolute atomic E-state index is 13.5. The Balaban J connectivity index is 5.21. The first-order valence-corrected chi connectivity index (χ1v) is 33.1. The first kappa shape index (κ1) is 72.7. The Hall–Kier alpha value is -2.29. The van der Waals surface area contributed by atoms with Gasteiger partial charge in [0.05, 0.1) is 33.8 Å². The molecule has 0 radical (unpaired) electrons. The second kappa shape index (κ2) is 55.0. The molecule has 3 unspecified atom stereocenters. The first-order chi connectivity index (χ1) is 36.4. The zero-order chi connectivity index (χ0) is 55.0. The molecule has 0 heterocycles. The van der Waals surface area contributed by atoms with Crippen molar-refractivity contribution in [2.75, 3.05) is 40.9 Å². The molecule has 0 aromatic heterocycles. The summed E-state index contributed by atoms with van der Waals surface area (Å²) in [7, 11) is 1.17. The van der Waals surface area contributed by atoms with E-state index in [9.17, 15) is 19.0 Å². The molecule has 0 fully saturated rings. The number of nitrogens with one attached hydrogen (secondary N) is 1. The highest BCUT2D eigenvalue weighted by Gasteiger charge is 2.27. The number of likely N-dealkylation sites (N-methyl/N-ethyl adjacent to an activating group) is 1. The van der Waals surface area contributed by atoms with Gasteiger partial charge in [-0.25, -0.2) is 0 Å². The van der Waals surface area contributed by atoms with Gasteiger partial charge in [0.1, 0.15) is 19.3 Å². The molecule has 0 aliphatic heterocycles. The van der Waals surface area contributed by atoms with Crippen LogP contribution in [-0.2, 0) is 27.9 Å². The van der Waals surface area contributed by atoms with E-state index in [0.29, 0.717) is 23.9 Å². The number of ether oxygens (including phenoxy) is 1. The van der Waals surface area contributed by atoms with Crippen molar-refractivity contribution in [3.8, 4) is 0 Å². The Morgan fingerprint density at radius 3 is 1.25 bits per heavy atom. The van der Waals surface area contributed by atoms with Crippen LogP contribution in [0.1, 0.15) is 290 Å². The van der Waals surface area contributed by atoms with Gasteiger partial charge in [0, 0.05) is 12.8 Å². The Labute approximate surface area is 464 Å². The molecule has 1 N–H and O–H groups in total. The molecule has 0 aliphatic carbocycles. The normalized spacial score (nSPS) is 14.1. The molecule has 9 nitrogen and oxygen atoms in total. The van der Waals surface area contributed by atoms with Gasteiger partial charge in [-0.3, -0.25) is 14.2 Å². The third-order valence-corrected chi connectivity index (χ3v) is 14.9. The lowest BCUT2D eigenvalue weighted by Crippen LogP contribution is -2.47. The Morgan fingerprint density at radius 2 is 0.813 bits per heavy atom. The van der Waals surface area contributed by atoms with Crippen molar-refractivity contribution in [2.45, 2.75) is 303 Å². The van der Waals surface area contributed by atoms with Gasteiger partial charge in [0.2, 0.25) is 5.91 Å². The summed E-state index contributed by atoms with van der Waals surface area (Å²) in [5.74, 6) is -0.562. The van der Waals surface area contributed by atoms with Gasteiger partial charge in [0.15, 0.2) is 0 Å². The van der Waals surface area contributed by atoms with Crippen LogP contribution in [0.15, 0.2) is 60.8 Å². The van der Waals surface area contributed by atoms with Crippen LogP contribution in [0.3, 0.4) is 0 Å². The van der Waals surface area contributed by atoms with E-state index in [-0.39, 0.29) is 24.9 Å². The predicted molar refractivity (Wildman–Crippen MR) is 321 cm³/mol. The van der Waals surface area contributed by atoms with Crippen molar-refractivity contribution in [2.24, 2.45) is 0 Å². The van der Waals surface area contributed by atoms with E-state index < -0.39 is 26.6 Å². The quantitative estimate of drug-likeness (QED) is 0.0212. The number of hydrogen-bond acceptors (Lipinski definition) is 7. The molecule has 0 saturated carbocycles. The van der Waals surface area contributed by atoms with Crippen molar-refractivity contribution >= 4 is 19.7 Å². The van der Waals surface area contributed by atoms with Crippen LogP contribution in [0.5, 0.6) is 0 Å². The maximum atomic E-state index is 13.5. The van der Waals surface area contributed by atoms with Gasteiger partial charge in [-0.05, 0) is 96.0 Å². The van der Waals surface area contributed by atoms with E-state index in [1.165, 1.54) is 173 Å². The van der Waals surface area contributed by atoms with E-state index in [4.69, 9.17) is 13.8 Å². The van der Waals surface area contributed by atoms with Crippen molar-refractivity contribution in [1.82, 2.24) is 5.32 Å². The molecule has 10 heteroatoms. The van der Waals surface area contributed by atoms with Crippen LogP contribution < -0.4 is 10.2 Å². The monoisotopic (exact) mass is 1070 g/mol. The first-order valence-electron chi connectivity index (χ1n) is 31.6. The number of carbonyl (C=O) groups is 2. The molecule has 438 valence electrons. The topological polar surface area (TPSA) is 114 Å². The highest BCUT2D eigenvalue weighted by molar-refractivity contribution is 7.45. The van der Waals surface area contributed by atoms with Gasteiger partial charge in [-0.2, -0.15) is 0 Å². The highest BCUT2D eigenvalue weighted by Crippen LogP contribution is 2.38. The summed E-state index contributed by atoms with van der Waals surface area (Å²) in [6.45, 7) is 6.81. The fraction of sp³-hybridized carbons (Fsp3) is 0.815. The molecule has 0 saturated heterocycles. The minimum atomic E-state index is -4.70. The zero-order valence-electron chi connectivity index (χ0n) is 50.0. The number of phosphoric ester groups is 1. The average molecular weight is 1070 g/mol. The number of amides is 1. The van der Waals surface area contributed by atoms with Crippen molar-refractivity contribution in [3.63, 3.8) is 0 Å². The van der Waals surface area contributed by atoms with Crippen LogP contribution in [-0.4, -0.2) is 69.4 Å². The fourth-order valence-electron chi connectivity index (χ4n) is 8.99. The lowest BCUT2D eigenvalue weighted by atomic mass is 10.0. The van der Waals surface area contributed by atoms with E-state index in [2.05, 4.69) is 74.7 Å². The van der Waals surface area contributed by atoms with Gasteiger partial charge in [0.25, 0.3) is 7.82 Å². The Kier molecular flexibility index (Phi) is 53.4. The number of allylic oxidation sites excluding steroid dienone is 9. The van der Waals surface area contributed by atoms with E-state index in [0.717, 1.165) is 77.0 Å². The smallest absolute Gasteiger partial charge is 0.306 e. The lowest BCUT2D eigenvalue weighted by Gasteiger charge is -2.30. The van der Waals surface area contributed by atoms with Crippen LogP contribution in [0.2, 0.25) is 0 Å². The Bertz CT molecular complexity index is 1470. The summed E-state index contributed by atoms with van der Waals surface area (Å²) in [5, 5.41) is 3.02. The minimum Gasteiger partial charge on any atom is -0.756 e. The number of quaternary nitrogens is 1. The predicted octanol–water partition coefficient (Wildman–Crippen LogP) is 18.8. The van der Waals surface area contributed by atoms with Gasteiger partial charge in [-0.15, -0.1) is 0 Å². The van der Waals surface area contributed by atoms with Crippen molar-refractivity contribution in [1.29, 1.82) is 0 Å². The van der Waals surface area contributed by atoms with E-state index in [1.807, 2.05) is 33.3 Å². The third kappa shape index (κ3) is 56.2. The number of esters is 1. The van der Waals surface area contributed by atoms with Crippen LogP contribution in [0, 0.1) is 0 Å². The summed E-state index contributed by atoms with van der Waals surface area (Å²) in [4.78, 5) is 40.0. The van der Waals surface area contributed by atoms with Crippen molar-refractivity contribution in [3.05, 3.63) is 60.8 Å². The molecule has 0 bridgehead atoms. The number of unbranched alkanes of at least 4 members (excludes halogenated alkanes) is 33. The molecule has 0 rings (SSSR count). The largest absolute Gasteiger partial charge is 0.756 e. The number of carbonyl (C=O) groups excluding carboxylic acids is 2. The van der Waals surface area contributed by atoms with Crippen molar-refractivity contribution < 1.29 is 37.3 Å². The van der Waals surface area contributed by atoms with Gasteiger partial charge < -0.3 is 28.5 Å². The lowest BCUT2D eigenvalue weighted by molar-refractivity contribution is -0.870. The van der Waals surface area contributed by atoms with Gasteiger partial charge >= 0.3 is 5.97 Å². The summed E-state index contributed by atoms with van der Waals surface area (Å²) >= 11 is 0. The second-order valence-electron chi connectivity index (χ2n) is 22.6. The summed E-state index contributed by atoms with van der Waals surface area (Å²) < 4.78 is 30.3. The summed E-state index contributed by atoms with van der Waals surface area (Å²) in [6.07, 6.45) is 69.0.